The van der Waals surface area contributed by atoms with Gasteiger partial charge in [-0.25, -0.2) is 14.5 Å². The number of aliphatic imine (C=N–C) groups is 1. The largest absolute Gasteiger partial charge is 0.573 e. The van der Waals surface area contributed by atoms with E-state index in [-0.39, 0.29) is 24.1 Å². The van der Waals surface area contributed by atoms with Gasteiger partial charge in [0.25, 0.3) is 0 Å². The summed E-state index contributed by atoms with van der Waals surface area (Å²) in [5.41, 5.74) is 3.85. The third-order valence-electron chi connectivity index (χ3n) is 6.29. The van der Waals surface area contributed by atoms with Crippen molar-refractivity contribution in [2.45, 2.75) is 26.6 Å². The first kappa shape index (κ1) is 29.6. The van der Waals surface area contributed by atoms with Crippen molar-refractivity contribution in [3.05, 3.63) is 84.2 Å². The molecule has 0 unspecified atom stereocenters. The lowest BCUT2D eigenvalue weighted by atomic mass is 10.0. The Kier molecular flexibility index (Phi) is 8.66. The summed E-state index contributed by atoms with van der Waals surface area (Å²) >= 11 is 1.21. The van der Waals surface area contributed by atoms with Crippen LogP contribution in [0.15, 0.2) is 78.0 Å². The van der Waals surface area contributed by atoms with E-state index < -0.39 is 12.4 Å². The molecule has 43 heavy (non-hydrogen) atoms. The maximum atomic E-state index is 12.7. The number of thioether (sulfide) groups is 1. The van der Waals surface area contributed by atoms with Gasteiger partial charge < -0.3 is 14.8 Å². The van der Waals surface area contributed by atoms with Crippen molar-refractivity contribution in [3.63, 3.8) is 0 Å². The van der Waals surface area contributed by atoms with Crippen LogP contribution in [0.4, 0.5) is 23.7 Å². The number of alkyl halides is 3. The van der Waals surface area contributed by atoms with Gasteiger partial charge in [-0.15, -0.1) is 18.3 Å². The molecule has 14 heteroatoms. The molecule has 0 radical (unpaired) electrons. The standard InChI is InChI=1S/C29H25F3N6O4S/c1-3-19-6-4-5-18(2)25(19)38-24(39)15-43-28(38)35-27(40)34-17-41-22-11-7-20(8-12-22)26-33-16-37(36-26)21-9-13-23(14-10-21)42-29(30,31)32/h4-14,16H,3,15,17H2,1-2H3,(H,34,40). The Morgan fingerprint density at radius 1 is 1.07 bits per heavy atom. The summed E-state index contributed by atoms with van der Waals surface area (Å²) < 4.78 is 48.1. The molecule has 2 heterocycles. The second kappa shape index (κ2) is 12.6. The Morgan fingerprint density at radius 2 is 1.79 bits per heavy atom. The van der Waals surface area contributed by atoms with E-state index >= 15 is 0 Å². The Hall–Kier alpha value is -4.85. The summed E-state index contributed by atoms with van der Waals surface area (Å²) in [6, 6.07) is 17.2. The first-order valence-electron chi connectivity index (χ1n) is 13.0. The van der Waals surface area contributed by atoms with E-state index in [0.717, 1.165) is 23.2 Å². The molecule has 3 aromatic carbocycles. The van der Waals surface area contributed by atoms with Crippen molar-refractivity contribution in [1.29, 1.82) is 0 Å². The van der Waals surface area contributed by atoms with Gasteiger partial charge in [0, 0.05) is 5.56 Å². The number of aromatic nitrogens is 3. The molecule has 0 atom stereocenters. The first-order valence-corrected chi connectivity index (χ1v) is 14.0. The molecule has 0 spiro atoms. The normalized spacial score (nSPS) is 14.3. The molecule has 10 nitrogen and oxygen atoms in total. The molecule has 3 amide bonds. The van der Waals surface area contributed by atoms with Crippen LogP contribution in [-0.4, -0.2) is 50.7 Å². The number of amides is 3. The number of nitrogens with zero attached hydrogens (tertiary/aromatic N) is 5. The zero-order valence-corrected chi connectivity index (χ0v) is 23.8. The van der Waals surface area contributed by atoms with Crippen molar-refractivity contribution in [2.24, 2.45) is 4.99 Å². The molecule has 1 aromatic heterocycles. The van der Waals surface area contributed by atoms with Crippen molar-refractivity contribution in [2.75, 3.05) is 17.4 Å². The Labute approximate surface area is 248 Å². The van der Waals surface area contributed by atoms with Crippen LogP contribution in [0.2, 0.25) is 0 Å². The van der Waals surface area contributed by atoms with Gasteiger partial charge in [-0.1, -0.05) is 36.9 Å². The highest BCUT2D eigenvalue weighted by atomic mass is 32.2. The molecule has 0 bridgehead atoms. The van der Waals surface area contributed by atoms with Gasteiger partial charge in [-0.2, -0.15) is 4.99 Å². The molecular weight excluding hydrogens is 585 g/mol. The molecule has 1 saturated heterocycles. The predicted octanol–water partition coefficient (Wildman–Crippen LogP) is 5.89. The van der Waals surface area contributed by atoms with Crippen LogP contribution in [0, 0.1) is 6.92 Å². The van der Waals surface area contributed by atoms with E-state index in [0.29, 0.717) is 28.0 Å². The number of para-hydroxylation sites is 1. The zero-order valence-electron chi connectivity index (χ0n) is 23.0. The third kappa shape index (κ3) is 7.15. The second-order valence-corrected chi connectivity index (χ2v) is 10.1. The summed E-state index contributed by atoms with van der Waals surface area (Å²) in [4.78, 5) is 35.1. The number of urea groups is 1. The van der Waals surface area contributed by atoms with E-state index in [1.165, 1.54) is 51.9 Å². The molecule has 5 rings (SSSR count). The molecule has 0 aliphatic carbocycles. The van der Waals surface area contributed by atoms with Gasteiger partial charge in [-0.05, 0) is 73.0 Å². The minimum absolute atomic E-state index is 0.135. The molecule has 4 aromatic rings. The highest BCUT2D eigenvalue weighted by Crippen LogP contribution is 2.33. The van der Waals surface area contributed by atoms with Crippen LogP contribution in [0.5, 0.6) is 11.5 Å². The van der Waals surface area contributed by atoms with E-state index in [1.54, 1.807) is 24.3 Å². The topological polar surface area (TPSA) is 111 Å². The van der Waals surface area contributed by atoms with Crippen molar-refractivity contribution in [3.8, 4) is 28.6 Å². The number of anilines is 1. The van der Waals surface area contributed by atoms with Crippen molar-refractivity contribution >= 4 is 34.6 Å². The Bertz CT molecular complexity index is 1660. The van der Waals surface area contributed by atoms with Crippen LogP contribution in [-0.2, 0) is 11.2 Å². The number of benzene rings is 3. The first-order chi connectivity index (χ1) is 20.6. The quantitative estimate of drug-likeness (QED) is 0.248. The van der Waals surface area contributed by atoms with Crippen molar-refractivity contribution < 1.29 is 32.2 Å². The number of nitrogens with one attached hydrogen (secondary N) is 1. The third-order valence-corrected chi connectivity index (χ3v) is 7.21. The molecule has 1 N–H and O–H groups in total. The van der Waals surface area contributed by atoms with E-state index in [4.69, 9.17) is 4.74 Å². The number of hydrogen-bond donors (Lipinski definition) is 1. The number of carbonyl (C=O) groups excluding carboxylic acids is 2. The lowest BCUT2D eigenvalue weighted by molar-refractivity contribution is -0.274. The van der Waals surface area contributed by atoms with Gasteiger partial charge in [0.05, 0.1) is 17.1 Å². The van der Waals surface area contributed by atoms with Crippen LogP contribution in [0.3, 0.4) is 0 Å². The maximum absolute atomic E-state index is 12.7. The lowest BCUT2D eigenvalue weighted by Crippen LogP contribution is -2.33. The molecule has 1 aliphatic heterocycles. The monoisotopic (exact) mass is 610 g/mol. The molecule has 1 fully saturated rings. The molecule has 222 valence electrons. The van der Waals surface area contributed by atoms with Gasteiger partial charge in [0.15, 0.2) is 17.7 Å². The van der Waals surface area contributed by atoms with Gasteiger partial charge >= 0.3 is 12.4 Å². The SMILES string of the molecule is CCc1cccc(C)c1N1C(=O)CSC1=NC(=O)NCOc1ccc(-c2ncn(-c3ccc(OC(F)(F)F)cc3)n2)cc1. The average Bonchev–Trinajstić information content (AvgIpc) is 3.60. The summed E-state index contributed by atoms with van der Waals surface area (Å²) in [7, 11) is 0. The van der Waals surface area contributed by atoms with Gasteiger partial charge in [0.1, 0.15) is 17.8 Å². The van der Waals surface area contributed by atoms with E-state index in [1.807, 2.05) is 32.0 Å². The summed E-state index contributed by atoms with van der Waals surface area (Å²) in [6.07, 6.45) is -2.60. The number of hydrogen-bond acceptors (Lipinski definition) is 7. The second-order valence-electron chi connectivity index (χ2n) is 9.20. The number of carbonyl (C=O) groups is 2. The van der Waals surface area contributed by atoms with Crippen LogP contribution >= 0.6 is 11.8 Å². The maximum Gasteiger partial charge on any atom is 0.573 e. The van der Waals surface area contributed by atoms with Crippen LogP contribution < -0.4 is 19.7 Å². The number of halogens is 3. The Balaban J connectivity index is 1.17. The number of rotatable bonds is 8. The zero-order chi connectivity index (χ0) is 30.6. The average molecular weight is 611 g/mol. The van der Waals surface area contributed by atoms with Crippen LogP contribution in [0.25, 0.3) is 17.1 Å². The highest BCUT2D eigenvalue weighted by molar-refractivity contribution is 8.15. The molecule has 0 saturated carbocycles. The van der Waals surface area contributed by atoms with Gasteiger partial charge in [0.2, 0.25) is 5.91 Å². The lowest BCUT2D eigenvalue weighted by Gasteiger charge is -2.21. The van der Waals surface area contributed by atoms with E-state index in [9.17, 15) is 22.8 Å². The summed E-state index contributed by atoms with van der Waals surface area (Å²) in [6.45, 7) is 3.77. The number of amidine groups is 1. The number of ether oxygens (including phenoxy) is 2. The Morgan fingerprint density at radius 3 is 2.49 bits per heavy atom. The fourth-order valence-electron chi connectivity index (χ4n) is 4.32. The molecule has 1 aliphatic rings. The summed E-state index contributed by atoms with van der Waals surface area (Å²) in [5, 5.41) is 7.25. The van der Waals surface area contributed by atoms with Crippen molar-refractivity contribution in [1.82, 2.24) is 20.1 Å². The summed E-state index contributed by atoms with van der Waals surface area (Å²) in [5.74, 6) is 0.584. The minimum atomic E-state index is -4.77. The number of aryl methyl sites for hydroxylation is 2. The molecular formula is C29H25F3N6O4S. The van der Waals surface area contributed by atoms with Gasteiger partial charge in [-0.3, -0.25) is 9.69 Å². The highest BCUT2D eigenvalue weighted by Gasteiger charge is 2.33. The van der Waals surface area contributed by atoms with Crippen LogP contribution in [0.1, 0.15) is 18.1 Å². The predicted molar refractivity (Wildman–Crippen MR) is 155 cm³/mol. The minimum Gasteiger partial charge on any atom is -0.473 e. The smallest absolute Gasteiger partial charge is 0.473 e. The van der Waals surface area contributed by atoms with E-state index in [2.05, 4.69) is 25.1 Å². The fourth-order valence-corrected chi connectivity index (χ4v) is 5.17. The fraction of sp³-hybridized carbons (Fsp3) is 0.207.